The van der Waals surface area contributed by atoms with Gasteiger partial charge in [-0.25, -0.2) is 22.0 Å². The average molecular weight is 491 g/mol. The monoisotopic (exact) mass is 490 g/mol. The highest BCUT2D eigenvalue weighted by molar-refractivity contribution is 5.31. The van der Waals surface area contributed by atoms with Gasteiger partial charge in [-0.15, -0.1) is 0 Å². The minimum atomic E-state index is -4.29. The topological polar surface area (TPSA) is 9.23 Å². The summed E-state index contributed by atoms with van der Waals surface area (Å²) in [6.07, 6.45) is 3.36. The summed E-state index contributed by atoms with van der Waals surface area (Å²) in [5.74, 6) is -6.90. The number of hydrogen-bond donors (Lipinski definition) is 0. The van der Waals surface area contributed by atoms with Gasteiger partial charge >= 0.3 is 6.11 Å². The maximum atomic E-state index is 14.6. The van der Waals surface area contributed by atoms with Gasteiger partial charge in [0.25, 0.3) is 0 Å². The molecule has 1 fully saturated rings. The first-order valence-electron chi connectivity index (χ1n) is 11.8. The van der Waals surface area contributed by atoms with Crippen LogP contribution in [0.3, 0.4) is 0 Å². The molecular formula is C26H29F7O. The van der Waals surface area contributed by atoms with E-state index in [4.69, 9.17) is 0 Å². The van der Waals surface area contributed by atoms with Crippen LogP contribution in [0.5, 0.6) is 0 Å². The van der Waals surface area contributed by atoms with Gasteiger partial charge in [-0.2, -0.15) is 8.78 Å². The third kappa shape index (κ3) is 6.52. The Morgan fingerprint density at radius 3 is 1.97 bits per heavy atom. The summed E-state index contributed by atoms with van der Waals surface area (Å²) in [6, 6.07) is 3.19. The van der Waals surface area contributed by atoms with Gasteiger partial charge in [0.1, 0.15) is 17.2 Å². The quantitative estimate of drug-likeness (QED) is 0.184. The van der Waals surface area contributed by atoms with Gasteiger partial charge in [0, 0.05) is 0 Å². The molecule has 0 radical (unpaired) electrons. The molecule has 0 heterocycles. The number of alkyl halides is 2. The minimum Gasteiger partial charge on any atom is -0.316 e. The zero-order chi connectivity index (χ0) is 24.9. The van der Waals surface area contributed by atoms with Crippen LogP contribution in [-0.2, 0) is 17.3 Å². The van der Waals surface area contributed by atoms with E-state index in [9.17, 15) is 30.7 Å². The van der Waals surface area contributed by atoms with Gasteiger partial charge in [-0.05, 0) is 79.3 Å². The molecule has 8 heteroatoms. The number of hydrogen-bond acceptors (Lipinski definition) is 1. The molecule has 1 nitrogen and oxygen atoms in total. The van der Waals surface area contributed by atoms with E-state index in [1.54, 1.807) is 0 Å². The van der Waals surface area contributed by atoms with Gasteiger partial charge in [0.15, 0.2) is 17.5 Å². The van der Waals surface area contributed by atoms with Crippen molar-refractivity contribution in [3.05, 3.63) is 70.0 Å². The number of halogens is 7. The van der Waals surface area contributed by atoms with E-state index >= 15 is 0 Å². The molecule has 2 aromatic carbocycles. The zero-order valence-corrected chi connectivity index (χ0v) is 19.1. The van der Waals surface area contributed by atoms with Crippen molar-refractivity contribution in [2.45, 2.75) is 76.7 Å². The number of rotatable bonds is 10. The second-order valence-electron chi connectivity index (χ2n) is 9.06. The molecule has 0 aliphatic heterocycles. The first kappa shape index (κ1) is 26.5. The molecule has 0 N–H and O–H groups in total. The van der Waals surface area contributed by atoms with Crippen LogP contribution in [0.25, 0.3) is 0 Å². The van der Waals surface area contributed by atoms with Crippen LogP contribution in [0.1, 0.15) is 80.9 Å². The van der Waals surface area contributed by atoms with Crippen molar-refractivity contribution in [3.8, 4) is 0 Å². The summed E-state index contributed by atoms with van der Waals surface area (Å²) >= 11 is 0. The van der Waals surface area contributed by atoms with E-state index in [-0.39, 0.29) is 11.5 Å². The lowest BCUT2D eigenvalue weighted by molar-refractivity contribution is -0.251. The standard InChI is InChI=1S/C26H29F7O/c1-2-3-4-5-16-6-8-18(9-7-16)19-14-20(27)24(21(28)15-19)26(32,33)34-11-10-17-12-22(29)25(31)23(30)13-17/h12-16,18H,2-11H2,1H3. The van der Waals surface area contributed by atoms with E-state index in [1.165, 1.54) is 12.8 Å². The van der Waals surface area contributed by atoms with Gasteiger partial charge in [0.05, 0.1) is 6.61 Å². The molecule has 1 saturated carbocycles. The van der Waals surface area contributed by atoms with E-state index in [0.29, 0.717) is 23.6 Å². The molecule has 188 valence electrons. The van der Waals surface area contributed by atoms with E-state index in [1.807, 2.05) is 0 Å². The predicted octanol–water partition coefficient (Wildman–Crippen LogP) is 8.54. The Hall–Kier alpha value is -2.09. The fourth-order valence-corrected chi connectivity index (χ4v) is 4.70. The molecule has 0 unspecified atom stereocenters. The van der Waals surface area contributed by atoms with Gasteiger partial charge in [-0.3, -0.25) is 0 Å². The van der Waals surface area contributed by atoms with Crippen molar-refractivity contribution in [2.75, 3.05) is 6.61 Å². The van der Waals surface area contributed by atoms with Crippen LogP contribution in [0.15, 0.2) is 24.3 Å². The summed E-state index contributed by atoms with van der Waals surface area (Å²) in [4.78, 5) is 0. The minimum absolute atomic E-state index is 0.0849. The van der Waals surface area contributed by atoms with E-state index < -0.39 is 53.8 Å². The fourth-order valence-electron chi connectivity index (χ4n) is 4.70. The Kier molecular flexibility index (Phi) is 9.01. The highest BCUT2D eigenvalue weighted by Gasteiger charge is 2.40. The molecular weight excluding hydrogens is 461 g/mol. The molecule has 0 aromatic heterocycles. The Labute approximate surface area is 195 Å². The Bertz CT molecular complexity index is 922. The largest absolute Gasteiger partial charge is 0.389 e. The third-order valence-electron chi connectivity index (χ3n) is 6.61. The number of unbranched alkanes of at least 4 members (excludes halogenated alkanes) is 2. The van der Waals surface area contributed by atoms with Crippen molar-refractivity contribution >= 4 is 0 Å². The van der Waals surface area contributed by atoms with Crippen LogP contribution in [0.4, 0.5) is 30.7 Å². The Morgan fingerprint density at radius 2 is 1.41 bits per heavy atom. The Balaban J connectivity index is 1.62. The Morgan fingerprint density at radius 1 is 0.824 bits per heavy atom. The molecule has 1 aliphatic carbocycles. The van der Waals surface area contributed by atoms with Crippen molar-refractivity contribution in [3.63, 3.8) is 0 Å². The van der Waals surface area contributed by atoms with E-state index in [0.717, 1.165) is 50.7 Å². The first-order chi connectivity index (χ1) is 16.1. The third-order valence-corrected chi connectivity index (χ3v) is 6.61. The summed E-state index contributed by atoms with van der Waals surface area (Å²) in [5.41, 5.74) is -1.27. The number of benzene rings is 2. The first-order valence-corrected chi connectivity index (χ1v) is 11.8. The van der Waals surface area contributed by atoms with Crippen LogP contribution < -0.4 is 0 Å². The molecule has 0 atom stereocenters. The lowest BCUT2D eigenvalue weighted by Gasteiger charge is -2.29. The molecule has 0 spiro atoms. The smallest absolute Gasteiger partial charge is 0.316 e. The van der Waals surface area contributed by atoms with Gasteiger partial charge in [0.2, 0.25) is 0 Å². The van der Waals surface area contributed by atoms with Crippen LogP contribution in [0, 0.1) is 35.0 Å². The summed E-state index contributed by atoms with van der Waals surface area (Å²) in [6.45, 7) is 1.35. The van der Waals surface area contributed by atoms with Crippen LogP contribution in [0.2, 0.25) is 0 Å². The molecule has 2 aromatic rings. The van der Waals surface area contributed by atoms with Crippen LogP contribution >= 0.6 is 0 Å². The van der Waals surface area contributed by atoms with Gasteiger partial charge in [-0.1, -0.05) is 32.6 Å². The fraction of sp³-hybridized carbons (Fsp3) is 0.538. The molecule has 0 bridgehead atoms. The summed E-state index contributed by atoms with van der Waals surface area (Å²) < 4.78 is 102. The molecule has 34 heavy (non-hydrogen) atoms. The van der Waals surface area contributed by atoms with Crippen molar-refractivity contribution in [2.24, 2.45) is 5.92 Å². The van der Waals surface area contributed by atoms with Crippen LogP contribution in [-0.4, -0.2) is 6.61 Å². The van der Waals surface area contributed by atoms with E-state index in [2.05, 4.69) is 11.7 Å². The molecule has 3 rings (SSSR count). The second-order valence-corrected chi connectivity index (χ2v) is 9.06. The molecule has 0 saturated heterocycles. The lowest BCUT2D eigenvalue weighted by Crippen LogP contribution is -2.24. The predicted molar refractivity (Wildman–Crippen MR) is 115 cm³/mol. The SMILES string of the molecule is CCCCCC1CCC(c2cc(F)c(C(F)(F)OCCc3cc(F)c(F)c(F)c3)c(F)c2)CC1. The number of ether oxygens (including phenoxy) is 1. The maximum absolute atomic E-state index is 14.6. The molecule has 0 amide bonds. The highest BCUT2D eigenvalue weighted by Crippen LogP contribution is 2.40. The van der Waals surface area contributed by atoms with Crippen molar-refractivity contribution in [1.29, 1.82) is 0 Å². The lowest BCUT2D eigenvalue weighted by atomic mass is 9.77. The second kappa shape index (κ2) is 11.6. The summed E-state index contributed by atoms with van der Waals surface area (Å²) in [5, 5.41) is 0. The average Bonchev–Trinajstić information content (AvgIpc) is 2.77. The van der Waals surface area contributed by atoms with Crippen molar-refractivity contribution in [1.82, 2.24) is 0 Å². The summed E-state index contributed by atoms with van der Waals surface area (Å²) in [7, 11) is 0. The highest BCUT2D eigenvalue weighted by atomic mass is 19.3. The van der Waals surface area contributed by atoms with Gasteiger partial charge < -0.3 is 4.74 Å². The van der Waals surface area contributed by atoms with Crippen molar-refractivity contribution < 1.29 is 35.5 Å². The molecule has 1 aliphatic rings. The zero-order valence-electron chi connectivity index (χ0n) is 19.1. The normalized spacial score (nSPS) is 18.9. The maximum Gasteiger partial charge on any atom is 0.389 e.